The smallest absolute Gasteiger partial charge is 0.0713 e. The van der Waals surface area contributed by atoms with Crippen molar-refractivity contribution in [2.45, 2.75) is 12.6 Å². The fraction of sp³-hybridized carbons (Fsp3) is 0.571. The molecule has 0 aliphatic rings. The van der Waals surface area contributed by atoms with Crippen LogP contribution in [-0.2, 0) is 16.1 Å². The third kappa shape index (κ3) is 4.38. The lowest BCUT2D eigenvalue weighted by Gasteiger charge is -2.27. The van der Waals surface area contributed by atoms with Gasteiger partial charge in [0.25, 0.3) is 0 Å². The summed E-state index contributed by atoms with van der Waals surface area (Å²) >= 11 is 0. The van der Waals surface area contributed by atoms with Crippen LogP contribution in [0.25, 0.3) is 0 Å². The van der Waals surface area contributed by atoms with E-state index in [1.165, 1.54) is 11.1 Å². The number of hydrogen-bond acceptors (Lipinski definition) is 4. The Hall–Kier alpha value is -0.940. The van der Waals surface area contributed by atoms with Gasteiger partial charge in [-0.15, -0.1) is 0 Å². The number of methoxy groups -OCH3 is 2. The van der Waals surface area contributed by atoms with Gasteiger partial charge in [-0.1, -0.05) is 24.3 Å². The number of benzene rings is 1. The van der Waals surface area contributed by atoms with Crippen LogP contribution in [0.3, 0.4) is 0 Å². The predicted octanol–water partition coefficient (Wildman–Crippen LogP) is 1.41. The monoisotopic (exact) mass is 252 g/mol. The van der Waals surface area contributed by atoms with Crippen LogP contribution in [0, 0.1) is 0 Å². The first kappa shape index (κ1) is 15.1. The van der Waals surface area contributed by atoms with Crippen LogP contribution in [0.5, 0.6) is 0 Å². The molecule has 0 spiro atoms. The Morgan fingerprint density at radius 2 is 1.83 bits per heavy atom. The predicted molar refractivity (Wildman–Crippen MR) is 73.5 cm³/mol. The van der Waals surface area contributed by atoms with E-state index < -0.39 is 0 Å². The second kappa shape index (κ2) is 8.21. The summed E-state index contributed by atoms with van der Waals surface area (Å²) in [5.41, 5.74) is 8.28. The van der Waals surface area contributed by atoms with Gasteiger partial charge >= 0.3 is 0 Å². The molecular weight excluding hydrogens is 228 g/mol. The second-order valence-electron chi connectivity index (χ2n) is 4.40. The van der Waals surface area contributed by atoms with Crippen molar-refractivity contribution < 1.29 is 9.47 Å². The molecule has 18 heavy (non-hydrogen) atoms. The molecule has 1 aromatic rings. The number of likely N-dealkylation sites (N-methyl/N-ethyl adjacent to an activating group) is 1. The maximum absolute atomic E-state index is 5.87. The molecule has 102 valence electrons. The number of hydrogen-bond donors (Lipinski definition) is 1. The summed E-state index contributed by atoms with van der Waals surface area (Å²) in [5.74, 6) is 0. The van der Waals surface area contributed by atoms with Gasteiger partial charge < -0.3 is 15.2 Å². The minimum absolute atomic E-state index is 0.233. The van der Waals surface area contributed by atoms with Crippen molar-refractivity contribution >= 4 is 0 Å². The Labute approximate surface area is 110 Å². The summed E-state index contributed by atoms with van der Waals surface area (Å²) in [5, 5.41) is 0. The molecule has 0 heterocycles. The van der Waals surface area contributed by atoms with Crippen molar-refractivity contribution in [1.29, 1.82) is 0 Å². The Bertz CT molecular complexity index is 327. The molecule has 0 saturated carbocycles. The van der Waals surface area contributed by atoms with Crippen LogP contribution in [0.15, 0.2) is 24.3 Å². The number of ether oxygens (including phenoxy) is 2. The highest BCUT2D eigenvalue weighted by atomic mass is 16.5. The lowest BCUT2D eigenvalue weighted by molar-refractivity contribution is 0.140. The van der Waals surface area contributed by atoms with Gasteiger partial charge in [-0.05, 0) is 18.2 Å². The van der Waals surface area contributed by atoms with E-state index in [1.54, 1.807) is 14.2 Å². The van der Waals surface area contributed by atoms with Gasteiger partial charge in [0.05, 0.1) is 13.2 Å². The highest BCUT2D eigenvalue weighted by Crippen LogP contribution is 2.18. The van der Waals surface area contributed by atoms with E-state index in [0.29, 0.717) is 13.2 Å². The topological polar surface area (TPSA) is 47.7 Å². The molecule has 2 N–H and O–H groups in total. The van der Waals surface area contributed by atoms with E-state index in [1.807, 2.05) is 0 Å². The summed E-state index contributed by atoms with van der Waals surface area (Å²) in [4.78, 5) is 2.22. The maximum Gasteiger partial charge on any atom is 0.0713 e. The summed E-state index contributed by atoms with van der Waals surface area (Å²) in [7, 11) is 5.49. The molecule has 4 heteroatoms. The zero-order valence-corrected chi connectivity index (χ0v) is 11.6. The summed E-state index contributed by atoms with van der Waals surface area (Å²) in [6.07, 6.45) is 0. The molecule has 0 bridgehead atoms. The molecule has 1 aromatic carbocycles. The molecule has 0 amide bonds. The number of nitrogens with two attached hydrogens (primary N) is 1. The Balaban J connectivity index is 2.69. The average Bonchev–Trinajstić information content (AvgIpc) is 2.39. The van der Waals surface area contributed by atoms with Crippen molar-refractivity contribution in [3.8, 4) is 0 Å². The molecular formula is C14H24N2O2. The minimum Gasteiger partial charge on any atom is -0.383 e. The van der Waals surface area contributed by atoms with Gasteiger partial charge in [0, 0.05) is 33.4 Å². The molecule has 0 radical (unpaired) electrons. The highest BCUT2D eigenvalue weighted by Gasteiger charge is 2.14. The molecule has 0 aliphatic heterocycles. The van der Waals surface area contributed by atoms with E-state index in [9.17, 15) is 0 Å². The lowest BCUT2D eigenvalue weighted by Crippen LogP contribution is -2.32. The van der Waals surface area contributed by atoms with Crippen molar-refractivity contribution in [1.82, 2.24) is 4.90 Å². The van der Waals surface area contributed by atoms with E-state index >= 15 is 0 Å². The Kier molecular flexibility index (Phi) is 6.90. The van der Waals surface area contributed by atoms with Crippen LogP contribution < -0.4 is 5.73 Å². The van der Waals surface area contributed by atoms with Crippen molar-refractivity contribution in [3.05, 3.63) is 35.4 Å². The fourth-order valence-corrected chi connectivity index (χ4v) is 1.96. The van der Waals surface area contributed by atoms with Crippen molar-refractivity contribution in [2.24, 2.45) is 5.73 Å². The molecule has 4 nitrogen and oxygen atoms in total. The Morgan fingerprint density at radius 1 is 1.17 bits per heavy atom. The van der Waals surface area contributed by atoms with Crippen molar-refractivity contribution in [3.63, 3.8) is 0 Å². The average molecular weight is 252 g/mol. The normalized spacial score (nSPS) is 12.9. The molecule has 1 atom stereocenters. The second-order valence-corrected chi connectivity index (χ2v) is 4.40. The first-order valence-electron chi connectivity index (χ1n) is 6.20. The molecule has 0 aliphatic carbocycles. The number of nitrogens with zero attached hydrogens (tertiary/aromatic N) is 1. The molecule has 0 aromatic heterocycles. The zero-order chi connectivity index (χ0) is 13.4. The third-order valence-electron chi connectivity index (χ3n) is 3.08. The lowest BCUT2D eigenvalue weighted by atomic mass is 10.0. The van der Waals surface area contributed by atoms with Crippen LogP contribution in [0.2, 0.25) is 0 Å². The minimum atomic E-state index is 0.233. The Morgan fingerprint density at radius 3 is 2.33 bits per heavy atom. The van der Waals surface area contributed by atoms with Crippen LogP contribution in [0.4, 0.5) is 0 Å². The quantitative estimate of drug-likeness (QED) is 0.760. The van der Waals surface area contributed by atoms with E-state index in [-0.39, 0.29) is 6.04 Å². The zero-order valence-electron chi connectivity index (χ0n) is 11.6. The van der Waals surface area contributed by atoms with Crippen LogP contribution in [0.1, 0.15) is 17.2 Å². The summed E-state index contributed by atoms with van der Waals surface area (Å²) < 4.78 is 10.2. The SMILES string of the molecule is COCCN(C)C(CN)c1ccc(COC)cc1. The third-order valence-corrected chi connectivity index (χ3v) is 3.08. The molecule has 0 saturated heterocycles. The van der Waals surface area contributed by atoms with Gasteiger partial charge in [-0.2, -0.15) is 0 Å². The van der Waals surface area contributed by atoms with E-state index in [2.05, 4.69) is 36.2 Å². The van der Waals surface area contributed by atoms with Crippen molar-refractivity contribution in [2.75, 3.05) is 41.0 Å². The van der Waals surface area contributed by atoms with Gasteiger partial charge in [-0.3, -0.25) is 4.90 Å². The van der Waals surface area contributed by atoms with Crippen LogP contribution >= 0.6 is 0 Å². The van der Waals surface area contributed by atoms with Gasteiger partial charge in [0.1, 0.15) is 0 Å². The highest BCUT2D eigenvalue weighted by molar-refractivity contribution is 5.25. The fourth-order valence-electron chi connectivity index (χ4n) is 1.96. The van der Waals surface area contributed by atoms with Gasteiger partial charge in [-0.25, -0.2) is 0 Å². The van der Waals surface area contributed by atoms with E-state index in [4.69, 9.17) is 15.2 Å². The summed E-state index contributed by atoms with van der Waals surface area (Å²) in [6, 6.07) is 8.65. The first-order valence-corrected chi connectivity index (χ1v) is 6.20. The standard InChI is InChI=1S/C14H24N2O2/c1-16(8-9-17-2)14(10-15)13-6-4-12(5-7-13)11-18-3/h4-7,14H,8-11,15H2,1-3H3. The first-order chi connectivity index (χ1) is 8.72. The van der Waals surface area contributed by atoms with Crippen LogP contribution in [-0.4, -0.2) is 45.9 Å². The largest absolute Gasteiger partial charge is 0.383 e. The maximum atomic E-state index is 5.87. The van der Waals surface area contributed by atoms with Gasteiger partial charge in [0.2, 0.25) is 0 Å². The summed E-state index contributed by atoms with van der Waals surface area (Å²) in [6.45, 7) is 2.84. The van der Waals surface area contributed by atoms with E-state index in [0.717, 1.165) is 13.2 Å². The molecule has 1 unspecified atom stereocenters. The van der Waals surface area contributed by atoms with Gasteiger partial charge in [0.15, 0.2) is 0 Å². The molecule has 1 rings (SSSR count). The molecule has 0 fully saturated rings. The number of rotatable bonds is 8.